The first-order valence-electron chi connectivity index (χ1n) is 7.62. The fraction of sp³-hybridized carbons (Fsp3) is 0.929. The molecule has 0 amide bonds. The van der Waals surface area contributed by atoms with Gasteiger partial charge in [-0.3, -0.25) is 0 Å². The van der Waals surface area contributed by atoms with E-state index in [-0.39, 0.29) is 22.9 Å². The van der Waals surface area contributed by atoms with Crippen LogP contribution in [0.25, 0.3) is 0 Å². The van der Waals surface area contributed by atoms with Gasteiger partial charge in [-0.2, -0.15) is 0 Å². The van der Waals surface area contributed by atoms with Crippen molar-refractivity contribution in [3.63, 3.8) is 0 Å². The third kappa shape index (κ3) is 6.65. The van der Waals surface area contributed by atoms with Crippen molar-refractivity contribution in [1.29, 1.82) is 0 Å². The van der Waals surface area contributed by atoms with E-state index in [2.05, 4.69) is 9.88 Å². The summed E-state index contributed by atoms with van der Waals surface area (Å²) in [7, 11) is -3.44. The van der Waals surface area contributed by atoms with E-state index in [0.29, 0.717) is 6.42 Å². The monoisotopic (exact) mass is 319 g/mol. The highest BCUT2D eigenvalue weighted by Gasteiger charge is 2.31. The van der Waals surface area contributed by atoms with Gasteiger partial charge in [0.15, 0.2) is 5.84 Å². The van der Waals surface area contributed by atoms with Crippen LogP contribution in [-0.4, -0.2) is 31.3 Å². The van der Waals surface area contributed by atoms with Gasteiger partial charge in [-0.25, -0.2) is 13.1 Å². The fourth-order valence-electron chi connectivity index (χ4n) is 2.62. The maximum absolute atomic E-state index is 12.2. The normalized spacial score (nSPS) is 20.4. The Kier molecular flexibility index (Phi) is 6.46. The van der Waals surface area contributed by atoms with Gasteiger partial charge < -0.3 is 10.9 Å². The van der Waals surface area contributed by atoms with Gasteiger partial charge in [-0.05, 0) is 30.6 Å². The van der Waals surface area contributed by atoms with Crippen molar-refractivity contribution < 1.29 is 13.6 Å². The predicted octanol–water partition coefficient (Wildman–Crippen LogP) is 2.04. The Morgan fingerprint density at radius 2 is 1.90 bits per heavy atom. The van der Waals surface area contributed by atoms with Crippen LogP contribution in [-0.2, 0) is 10.0 Å². The Hall–Kier alpha value is -0.820. The molecule has 7 heteroatoms. The van der Waals surface area contributed by atoms with Gasteiger partial charge in [-0.1, -0.05) is 45.2 Å². The maximum atomic E-state index is 12.2. The second kappa shape index (κ2) is 7.45. The van der Waals surface area contributed by atoms with Crippen molar-refractivity contribution in [3.8, 4) is 0 Å². The molecule has 0 bridgehead atoms. The lowest BCUT2D eigenvalue weighted by Gasteiger charge is -2.30. The predicted molar refractivity (Wildman–Crippen MR) is 84.8 cm³/mol. The molecule has 0 aromatic rings. The molecule has 4 N–H and O–H groups in total. The number of amidine groups is 1. The molecular weight excluding hydrogens is 290 g/mol. The SMILES string of the molecule is CC(C)(C)CCS(=O)(=O)NC(C(N)=NO)C1CCCCC1. The van der Waals surface area contributed by atoms with E-state index in [4.69, 9.17) is 10.9 Å². The molecule has 1 aliphatic carbocycles. The molecule has 1 atom stereocenters. The van der Waals surface area contributed by atoms with Crippen molar-refractivity contribution >= 4 is 15.9 Å². The Bertz CT molecular complexity index is 449. The summed E-state index contributed by atoms with van der Waals surface area (Å²) in [6.07, 6.45) is 5.66. The van der Waals surface area contributed by atoms with Gasteiger partial charge in [0, 0.05) is 0 Å². The lowest BCUT2D eigenvalue weighted by molar-refractivity contribution is 0.297. The molecule has 6 nitrogen and oxygen atoms in total. The van der Waals surface area contributed by atoms with E-state index in [9.17, 15) is 8.42 Å². The van der Waals surface area contributed by atoms with Crippen LogP contribution >= 0.6 is 0 Å². The van der Waals surface area contributed by atoms with Gasteiger partial charge >= 0.3 is 0 Å². The molecule has 0 saturated heterocycles. The first kappa shape index (κ1) is 18.2. The second-order valence-electron chi connectivity index (χ2n) is 7.15. The molecule has 124 valence electrons. The molecule has 1 aliphatic rings. The summed E-state index contributed by atoms with van der Waals surface area (Å²) < 4.78 is 27.1. The fourth-order valence-corrected chi connectivity index (χ4v) is 4.32. The molecule has 0 heterocycles. The second-order valence-corrected chi connectivity index (χ2v) is 9.02. The molecule has 0 aromatic carbocycles. The van der Waals surface area contributed by atoms with E-state index in [1.54, 1.807) is 0 Å². The highest BCUT2D eigenvalue weighted by atomic mass is 32.2. The summed E-state index contributed by atoms with van der Waals surface area (Å²) in [5, 5.41) is 11.9. The van der Waals surface area contributed by atoms with Crippen LogP contribution in [0.1, 0.15) is 59.3 Å². The number of sulfonamides is 1. The molecule has 21 heavy (non-hydrogen) atoms. The molecule has 0 aliphatic heterocycles. The molecule has 0 aromatic heterocycles. The summed E-state index contributed by atoms with van der Waals surface area (Å²) in [5.41, 5.74) is 5.66. The smallest absolute Gasteiger partial charge is 0.212 e. The highest BCUT2D eigenvalue weighted by Crippen LogP contribution is 2.27. The van der Waals surface area contributed by atoms with Gasteiger partial charge in [0.1, 0.15) is 0 Å². The lowest BCUT2D eigenvalue weighted by atomic mass is 9.84. The average Bonchev–Trinajstić information content (AvgIpc) is 2.42. The third-order valence-electron chi connectivity index (χ3n) is 3.98. The zero-order valence-electron chi connectivity index (χ0n) is 13.3. The summed E-state index contributed by atoms with van der Waals surface area (Å²) in [4.78, 5) is 0. The molecule has 1 rings (SSSR count). The van der Waals surface area contributed by atoms with Crippen LogP contribution in [0.2, 0.25) is 0 Å². The Labute approximate surface area is 128 Å². The Morgan fingerprint density at radius 1 is 1.33 bits per heavy atom. The number of nitrogens with two attached hydrogens (primary N) is 1. The van der Waals surface area contributed by atoms with Crippen molar-refractivity contribution in [1.82, 2.24) is 4.72 Å². The number of nitrogens with zero attached hydrogens (tertiary/aromatic N) is 1. The summed E-state index contributed by atoms with van der Waals surface area (Å²) in [5.74, 6) is 0.124. The molecule has 1 fully saturated rings. The van der Waals surface area contributed by atoms with Crippen molar-refractivity contribution in [2.45, 2.75) is 65.3 Å². The summed E-state index contributed by atoms with van der Waals surface area (Å²) in [6.45, 7) is 6.01. The lowest BCUT2D eigenvalue weighted by Crippen LogP contribution is -2.50. The average molecular weight is 319 g/mol. The van der Waals surface area contributed by atoms with Crippen LogP contribution in [0.4, 0.5) is 0 Å². The van der Waals surface area contributed by atoms with Crippen LogP contribution < -0.4 is 10.5 Å². The maximum Gasteiger partial charge on any atom is 0.212 e. The number of hydrogen-bond donors (Lipinski definition) is 3. The molecule has 0 radical (unpaired) electrons. The number of oxime groups is 1. The van der Waals surface area contributed by atoms with Crippen LogP contribution in [0.15, 0.2) is 5.16 Å². The van der Waals surface area contributed by atoms with E-state index in [1.165, 1.54) is 0 Å². The first-order valence-corrected chi connectivity index (χ1v) is 9.27. The van der Waals surface area contributed by atoms with Crippen molar-refractivity contribution in [2.24, 2.45) is 22.2 Å². The Morgan fingerprint density at radius 3 is 2.38 bits per heavy atom. The molecule has 0 spiro atoms. The third-order valence-corrected chi connectivity index (χ3v) is 5.34. The van der Waals surface area contributed by atoms with Gasteiger partial charge in [0.25, 0.3) is 0 Å². The van der Waals surface area contributed by atoms with E-state index >= 15 is 0 Å². The number of rotatable bonds is 6. The zero-order chi connectivity index (χ0) is 16.1. The standard InChI is InChI=1S/C14H29N3O3S/c1-14(2,3)9-10-21(19,20)17-12(13(15)16-18)11-7-5-4-6-8-11/h11-12,17-18H,4-10H2,1-3H3,(H2,15,16). The topological polar surface area (TPSA) is 105 Å². The first-order chi connectivity index (χ1) is 9.64. The Balaban J connectivity index is 2.75. The molecule has 1 saturated carbocycles. The zero-order valence-corrected chi connectivity index (χ0v) is 14.1. The minimum atomic E-state index is -3.44. The summed E-state index contributed by atoms with van der Waals surface area (Å²) >= 11 is 0. The van der Waals surface area contributed by atoms with Crippen LogP contribution in [0.5, 0.6) is 0 Å². The van der Waals surface area contributed by atoms with Crippen molar-refractivity contribution in [2.75, 3.05) is 5.75 Å². The largest absolute Gasteiger partial charge is 0.409 e. The molecular formula is C14H29N3O3S. The van der Waals surface area contributed by atoms with Crippen LogP contribution in [0.3, 0.4) is 0 Å². The summed E-state index contributed by atoms with van der Waals surface area (Å²) in [6, 6.07) is -0.597. The van der Waals surface area contributed by atoms with E-state index < -0.39 is 16.1 Å². The highest BCUT2D eigenvalue weighted by molar-refractivity contribution is 7.89. The number of nitrogens with one attached hydrogen (secondary N) is 1. The van der Waals surface area contributed by atoms with Crippen molar-refractivity contribution in [3.05, 3.63) is 0 Å². The molecule has 1 unspecified atom stereocenters. The van der Waals surface area contributed by atoms with Gasteiger partial charge in [0.05, 0.1) is 11.8 Å². The minimum absolute atomic E-state index is 0.0405. The number of hydrogen-bond acceptors (Lipinski definition) is 4. The quantitative estimate of drug-likeness (QED) is 0.301. The van der Waals surface area contributed by atoms with E-state index in [0.717, 1.165) is 32.1 Å². The minimum Gasteiger partial charge on any atom is -0.409 e. The van der Waals surface area contributed by atoms with Gasteiger partial charge in [-0.15, -0.1) is 0 Å². The van der Waals surface area contributed by atoms with Crippen LogP contribution in [0, 0.1) is 11.3 Å². The van der Waals surface area contributed by atoms with Gasteiger partial charge in [0.2, 0.25) is 10.0 Å². The van der Waals surface area contributed by atoms with E-state index in [1.807, 2.05) is 20.8 Å².